The Bertz CT molecular complexity index is 1020. The number of hydrogen-bond acceptors (Lipinski definition) is 5. The Morgan fingerprint density at radius 2 is 2.03 bits per heavy atom. The zero-order valence-electron chi connectivity index (χ0n) is 16.2. The molecule has 0 unspecified atom stereocenters. The lowest BCUT2D eigenvalue weighted by Gasteiger charge is -2.33. The molecule has 29 heavy (non-hydrogen) atoms. The summed E-state index contributed by atoms with van der Waals surface area (Å²) >= 11 is 7.49. The Morgan fingerprint density at radius 3 is 2.76 bits per heavy atom. The molecule has 0 radical (unpaired) electrons. The summed E-state index contributed by atoms with van der Waals surface area (Å²) in [6, 6.07) is 15.2. The standard InChI is InChI=1S/C21H22ClN5OS/c1-3-5-17-24-25-21-27(17)26-18(14-10-8-13(2)9-11-14)19(29-21)20(28)23-16-7-4-6-15(22)12-16/h4,6-12,18-19,26H,3,5H2,1-2H3,(H,23,28)/t18-,19+/m0/s1. The highest BCUT2D eigenvalue weighted by molar-refractivity contribution is 8.00. The van der Waals surface area contributed by atoms with Crippen LogP contribution >= 0.6 is 23.4 Å². The van der Waals surface area contributed by atoms with Gasteiger partial charge in [-0.1, -0.05) is 66.2 Å². The molecular weight excluding hydrogens is 406 g/mol. The SMILES string of the molecule is CCCc1nnc2n1N[C@@H](c1ccc(C)cc1)[C@H](C(=O)Nc1cccc(Cl)c1)S2. The summed E-state index contributed by atoms with van der Waals surface area (Å²) in [7, 11) is 0. The number of thioether (sulfide) groups is 1. The molecule has 0 bridgehead atoms. The van der Waals surface area contributed by atoms with Crippen molar-refractivity contribution in [3.05, 3.63) is 70.5 Å². The highest BCUT2D eigenvalue weighted by atomic mass is 35.5. The van der Waals surface area contributed by atoms with Crippen LogP contribution in [0.2, 0.25) is 5.02 Å². The molecule has 1 aromatic heterocycles. The van der Waals surface area contributed by atoms with Crippen LogP contribution in [0, 0.1) is 6.92 Å². The number of aryl methyl sites for hydroxylation is 2. The van der Waals surface area contributed by atoms with Gasteiger partial charge in [-0.3, -0.25) is 4.79 Å². The monoisotopic (exact) mass is 427 g/mol. The van der Waals surface area contributed by atoms with E-state index in [1.54, 1.807) is 12.1 Å². The largest absolute Gasteiger partial charge is 0.325 e. The van der Waals surface area contributed by atoms with E-state index in [2.05, 4.69) is 52.1 Å². The van der Waals surface area contributed by atoms with Gasteiger partial charge in [-0.15, -0.1) is 10.2 Å². The molecule has 4 rings (SSSR count). The number of carbonyl (C=O) groups excluding carboxylic acids is 1. The second kappa shape index (κ2) is 8.47. The van der Waals surface area contributed by atoms with Gasteiger partial charge in [0.2, 0.25) is 11.1 Å². The van der Waals surface area contributed by atoms with Crippen molar-refractivity contribution in [1.82, 2.24) is 14.9 Å². The molecular formula is C21H22ClN5OS. The van der Waals surface area contributed by atoms with E-state index in [9.17, 15) is 4.79 Å². The van der Waals surface area contributed by atoms with E-state index in [0.29, 0.717) is 15.9 Å². The molecule has 2 atom stereocenters. The van der Waals surface area contributed by atoms with Crippen LogP contribution in [0.15, 0.2) is 53.7 Å². The van der Waals surface area contributed by atoms with Gasteiger partial charge >= 0.3 is 0 Å². The van der Waals surface area contributed by atoms with Crippen molar-refractivity contribution in [2.45, 2.75) is 43.1 Å². The number of anilines is 1. The number of nitrogens with one attached hydrogen (secondary N) is 2. The van der Waals surface area contributed by atoms with Gasteiger partial charge in [0.15, 0.2) is 5.82 Å². The molecule has 2 aromatic carbocycles. The third-order valence-electron chi connectivity index (χ3n) is 4.76. The maximum absolute atomic E-state index is 13.2. The Balaban J connectivity index is 1.66. The minimum atomic E-state index is -0.414. The van der Waals surface area contributed by atoms with Gasteiger partial charge in [-0.25, -0.2) is 4.68 Å². The average Bonchev–Trinajstić information content (AvgIpc) is 3.10. The first-order valence-electron chi connectivity index (χ1n) is 9.55. The first-order chi connectivity index (χ1) is 14.0. The molecule has 0 saturated carbocycles. The molecule has 3 aromatic rings. The maximum atomic E-state index is 13.2. The number of amides is 1. The summed E-state index contributed by atoms with van der Waals surface area (Å²) in [5.41, 5.74) is 6.36. The molecule has 8 heteroatoms. The summed E-state index contributed by atoms with van der Waals surface area (Å²) in [4.78, 5) is 13.2. The zero-order chi connectivity index (χ0) is 20.4. The molecule has 1 aliphatic rings. The first-order valence-corrected chi connectivity index (χ1v) is 10.8. The quantitative estimate of drug-likeness (QED) is 0.623. The molecule has 150 valence electrons. The third kappa shape index (κ3) is 4.26. The number of aromatic nitrogens is 3. The van der Waals surface area contributed by atoms with Crippen LogP contribution in [0.25, 0.3) is 0 Å². The Labute approximate surface area is 179 Å². The molecule has 0 aliphatic carbocycles. The first kappa shape index (κ1) is 19.8. The molecule has 1 amide bonds. The lowest BCUT2D eigenvalue weighted by atomic mass is 10.0. The number of hydrogen-bond donors (Lipinski definition) is 2. The summed E-state index contributed by atoms with van der Waals surface area (Å²) in [6.45, 7) is 4.16. The van der Waals surface area contributed by atoms with Crippen LogP contribution < -0.4 is 10.7 Å². The third-order valence-corrected chi connectivity index (χ3v) is 6.21. The maximum Gasteiger partial charge on any atom is 0.240 e. The number of benzene rings is 2. The van der Waals surface area contributed by atoms with Crippen molar-refractivity contribution in [2.75, 3.05) is 10.7 Å². The van der Waals surface area contributed by atoms with E-state index < -0.39 is 5.25 Å². The minimum Gasteiger partial charge on any atom is -0.325 e. The second-order valence-corrected chi connectivity index (χ2v) is 8.58. The summed E-state index contributed by atoms with van der Waals surface area (Å²) in [5, 5.41) is 12.4. The van der Waals surface area contributed by atoms with Gasteiger partial charge in [0, 0.05) is 17.1 Å². The second-order valence-electron chi connectivity index (χ2n) is 7.04. The van der Waals surface area contributed by atoms with Crippen molar-refractivity contribution < 1.29 is 4.79 Å². The lowest BCUT2D eigenvalue weighted by Crippen LogP contribution is -2.41. The van der Waals surface area contributed by atoms with Crippen LogP contribution in [-0.2, 0) is 11.2 Å². The van der Waals surface area contributed by atoms with Crippen LogP contribution in [0.1, 0.15) is 36.3 Å². The molecule has 1 aliphatic heterocycles. The fraction of sp³-hybridized carbons (Fsp3) is 0.286. The van der Waals surface area contributed by atoms with Crippen molar-refractivity contribution >= 4 is 35.0 Å². The van der Waals surface area contributed by atoms with E-state index in [-0.39, 0.29) is 11.9 Å². The Hall–Kier alpha value is -2.51. The van der Waals surface area contributed by atoms with Crippen LogP contribution in [0.3, 0.4) is 0 Å². The zero-order valence-corrected chi connectivity index (χ0v) is 17.8. The Morgan fingerprint density at radius 1 is 1.24 bits per heavy atom. The number of halogens is 1. The smallest absolute Gasteiger partial charge is 0.240 e. The van der Waals surface area contributed by atoms with Gasteiger partial charge < -0.3 is 10.7 Å². The van der Waals surface area contributed by atoms with Crippen molar-refractivity contribution in [2.24, 2.45) is 0 Å². The van der Waals surface area contributed by atoms with E-state index in [0.717, 1.165) is 24.2 Å². The predicted molar refractivity (Wildman–Crippen MR) is 117 cm³/mol. The molecule has 0 spiro atoms. The van der Waals surface area contributed by atoms with Crippen LogP contribution in [-0.4, -0.2) is 26.0 Å². The van der Waals surface area contributed by atoms with E-state index >= 15 is 0 Å². The number of carbonyl (C=O) groups is 1. The fourth-order valence-corrected chi connectivity index (χ4v) is 4.58. The minimum absolute atomic E-state index is 0.110. The lowest BCUT2D eigenvalue weighted by molar-refractivity contribution is -0.116. The highest BCUT2D eigenvalue weighted by Crippen LogP contribution is 2.37. The van der Waals surface area contributed by atoms with E-state index in [1.807, 2.05) is 23.7 Å². The summed E-state index contributed by atoms with van der Waals surface area (Å²) < 4.78 is 1.92. The average molecular weight is 428 g/mol. The van der Waals surface area contributed by atoms with Gasteiger partial charge in [0.05, 0.1) is 6.04 Å². The van der Waals surface area contributed by atoms with Crippen LogP contribution in [0.4, 0.5) is 5.69 Å². The number of nitrogens with zero attached hydrogens (tertiary/aromatic N) is 3. The predicted octanol–water partition coefficient (Wildman–Crippen LogP) is 4.59. The van der Waals surface area contributed by atoms with Gasteiger partial charge in [0.1, 0.15) is 5.25 Å². The molecule has 2 N–H and O–H groups in total. The molecule has 6 nitrogen and oxygen atoms in total. The summed E-state index contributed by atoms with van der Waals surface area (Å²) in [6.07, 6.45) is 1.79. The van der Waals surface area contributed by atoms with Gasteiger partial charge in [-0.2, -0.15) is 0 Å². The highest BCUT2D eigenvalue weighted by Gasteiger charge is 2.37. The molecule has 0 saturated heterocycles. The summed E-state index contributed by atoms with van der Waals surface area (Å²) in [5.74, 6) is 0.766. The van der Waals surface area contributed by atoms with Crippen molar-refractivity contribution in [3.8, 4) is 0 Å². The van der Waals surface area contributed by atoms with E-state index in [4.69, 9.17) is 11.6 Å². The fourth-order valence-electron chi connectivity index (χ4n) is 3.29. The van der Waals surface area contributed by atoms with Gasteiger partial charge in [0.25, 0.3) is 0 Å². The number of rotatable bonds is 5. The van der Waals surface area contributed by atoms with Gasteiger partial charge in [-0.05, 0) is 37.1 Å². The topological polar surface area (TPSA) is 71.8 Å². The van der Waals surface area contributed by atoms with Crippen molar-refractivity contribution in [3.63, 3.8) is 0 Å². The number of fused-ring (bicyclic) bond motifs is 1. The molecule has 2 heterocycles. The Kier molecular flexibility index (Phi) is 5.78. The van der Waals surface area contributed by atoms with Crippen molar-refractivity contribution in [1.29, 1.82) is 0 Å². The van der Waals surface area contributed by atoms with Crippen LogP contribution in [0.5, 0.6) is 0 Å². The van der Waals surface area contributed by atoms with E-state index in [1.165, 1.54) is 17.3 Å². The molecule has 0 fully saturated rings. The normalized spacial score (nSPS) is 18.0.